The number of aliphatic hydroxyl groups excluding tert-OH is 1. The molecule has 0 fully saturated rings. The van der Waals surface area contributed by atoms with Gasteiger partial charge in [-0.3, -0.25) is 4.79 Å². The normalized spacial score (nSPS) is 13.6. The molecule has 1 aromatic carbocycles. The maximum absolute atomic E-state index is 12.4. The van der Waals surface area contributed by atoms with Crippen molar-refractivity contribution in [3.63, 3.8) is 0 Å². The Morgan fingerprint density at radius 2 is 1.58 bits per heavy atom. The van der Waals surface area contributed by atoms with Crippen molar-refractivity contribution in [2.24, 2.45) is 0 Å². The molecule has 0 aliphatic carbocycles. The lowest BCUT2D eigenvalue weighted by Crippen LogP contribution is -2.50. The molecule has 0 aromatic heterocycles. The number of methoxy groups -OCH3 is 3. The third-order valence-electron chi connectivity index (χ3n) is 3.03. The molecular formula is C14H16F3NO6. The van der Waals surface area contributed by atoms with Crippen LogP contribution in [-0.2, 0) is 14.3 Å². The van der Waals surface area contributed by atoms with Crippen molar-refractivity contribution in [1.29, 1.82) is 0 Å². The van der Waals surface area contributed by atoms with Crippen LogP contribution in [0.15, 0.2) is 18.2 Å². The molecule has 1 rings (SSSR count). The van der Waals surface area contributed by atoms with E-state index in [2.05, 4.69) is 4.74 Å². The fourth-order valence-electron chi connectivity index (χ4n) is 1.81. The number of aliphatic hydroxyl groups is 1. The van der Waals surface area contributed by atoms with Gasteiger partial charge in [0.25, 0.3) is 0 Å². The Morgan fingerprint density at radius 3 is 1.96 bits per heavy atom. The van der Waals surface area contributed by atoms with Crippen LogP contribution in [0.3, 0.4) is 0 Å². The van der Waals surface area contributed by atoms with E-state index in [1.165, 1.54) is 37.7 Å². The first-order valence-electron chi connectivity index (χ1n) is 6.50. The number of rotatable bonds is 6. The second-order valence-corrected chi connectivity index (χ2v) is 4.56. The van der Waals surface area contributed by atoms with Gasteiger partial charge in [0.1, 0.15) is 17.6 Å². The van der Waals surface area contributed by atoms with E-state index in [0.29, 0.717) is 0 Å². The van der Waals surface area contributed by atoms with Gasteiger partial charge in [-0.2, -0.15) is 13.2 Å². The van der Waals surface area contributed by atoms with Gasteiger partial charge in [0.05, 0.1) is 21.3 Å². The highest BCUT2D eigenvalue weighted by atomic mass is 19.4. The van der Waals surface area contributed by atoms with E-state index in [9.17, 15) is 27.9 Å². The number of ether oxygens (including phenoxy) is 3. The lowest BCUT2D eigenvalue weighted by atomic mass is 10.0. The van der Waals surface area contributed by atoms with Crippen molar-refractivity contribution in [2.75, 3.05) is 21.3 Å². The summed E-state index contributed by atoms with van der Waals surface area (Å²) in [7, 11) is 3.57. The number of alkyl halides is 3. The number of amides is 1. The van der Waals surface area contributed by atoms with Gasteiger partial charge >= 0.3 is 18.1 Å². The number of carbonyl (C=O) groups is 2. The molecule has 1 amide bonds. The molecule has 0 saturated carbocycles. The standard InChI is InChI=1S/C14H16F3NO6/c1-22-8-4-7(5-9(6-8)23-2)11(19)10(12(20)24-3)18-13(21)14(15,16)17/h4-6,10-11,19H,1-3H3,(H,18,21)/t10-,11-/m0/s1. The van der Waals surface area contributed by atoms with Gasteiger partial charge in [-0.15, -0.1) is 0 Å². The Kier molecular flexibility index (Phi) is 6.41. The van der Waals surface area contributed by atoms with E-state index in [0.717, 1.165) is 7.11 Å². The third-order valence-corrected chi connectivity index (χ3v) is 3.03. The van der Waals surface area contributed by atoms with E-state index < -0.39 is 30.2 Å². The van der Waals surface area contributed by atoms with Crippen LogP contribution in [0.5, 0.6) is 11.5 Å². The first-order chi connectivity index (χ1) is 11.1. The highest BCUT2D eigenvalue weighted by molar-refractivity contribution is 5.88. The monoisotopic (exact) mass is 351 g/mol. The number of carbonyl (C=O) groups excluding carboxylic acids is 2. The first kappa shape index (κ1) is 19.6. The molecular weight excluding hydrogens is 335 g/mol. The second-order valence-electron chi connectivity index (χ2n) is 4.56. The van der Waals surface area contributed by atoms with Crippen LogP contribution >= 0.6 is 0 Å². The van der Waals surface area contributed by atoms with Crippen molar-refractivity contribution < 1.29 is 42.1 Å². The molecule has 0 aliphatic rings. The molecule has 0 bridgehead atoms. The summed E-state index contributed by atoms with van der Waals surface area (Å²) in [5.41, 5.74) is -0.0101. The highest BCUT2D eigenvalue weighted by Crippen LogP contribution is 2.28. The number of halogens is 3. The lowest BCUT2D eigenvalue weighted by molar-refractivity contribution is -0.177. The van der Waals surface area contributed by atoms with E-state index in [1.807, 2.05) is 0 Å². The molecule has 0 heterocycles. The van der Waals surface area contributed by atoms with Crippen molar-refractivity contribution in [3.8, 4) is 11.5 Å². The molecule has 0 saturated heterocycles. The summed E-state index contributed by atoms with van der Waals surface area (Å²) in [6.45, 7) is 0. The van der Waals surface area contributed by atoms with Gasteiger partial charge in [0, 0.05) is 6.07 Å². The fourth-order valence-corrected chi connectivity index (χ4v) is 1.81. The van der Waals surface area contributed by atoms with Crippen molar-refractivity contribution in [2.45, 2.75) is 18.3 Å². The van der Waals surface area contributed by atoms with Gasteiger partial charge in [-0.1, -0.05) is 0 Å². The van der Waals surface area contributed by atoms with Crippen LogP contribution in [0.1, 0.15) is 11.7 Å². The molecule has 24 heavy (non-hydrogen) atoms. The maximum Gasteiger partial charge on any atom is 0.471 e. The van der Waals surface area contributed by atoms with Crippen molar-refractivity contribution in [3.05, 3.63) is 23.8 Å². The van der Waals surface area contributed by atoms with Crippen LogP contribution < -0.4 is 14.8 Å². The average molecular weight is 351 g/mol. The topological polar surface area (TPSA) is 94.1 Å². The summed E-state index contributed by atoms with van der Waals surface area (Å²) in [5.74, 6) is -3.17. The zero-order valence-corrected chi connectivity index (χ0v) is 13.0. The summed E-state index contributed by atoms with van der Waals surface area (Å²) >= 11 is 0. The quantitative estimate of drug-likeness (QED) is 0.742. The Bertz CT molecular complexity index is 582. The van der Waals surface area contributed by atoms with Crippen LogP contribution in [-0.4, -0.2) is 50.5 Å². The Labute approximate surface area is 135 Å². The van der Waals surface area contributed by atoms with Crippen LogP contribution in [0.2, 0.25) is 0 Å². The minimum absolute atomic E-state index is 0.0101. The van der Waals surface area contributed by atoms with Crippen LogP contribution in [0.25, 0.3) is 0 Å². The van der Waals surface area contributed by atoms with Crippen molar-refractivity contribution in [1.82, 2.24) is 5.32 Å². The van der Waals surface area contributed by atoms with Crippen LogP contribution in [0, 0.1) is 0 Å². The molecule has 10 heteroatoms. The molecule has 1 aromatic rings. The number of nitrogens with one attached hydrogen (secondary N) is 1. The molecule has 7 nitrogen and oxygen atoms in total. The summed E-state index contributed by atoms with van der Waals surface area (Å²) < 4.78 is 51.5. The highest BCUT2D eigenvalue weighted by Gasteiger charge is 2.43. The predicted octanol–water partition coefficient (Wildman–Crippen LogP) is 0.957. The molecule has 2 atom stereocenters. The van der Waals surface area contributed by atoms with Crippen LogP contribution in [0.4, 0.5) is 13.2 Å². The molecule has 0 spiro atoms. The van der Waals surface area contributed by atoms with E-state index in [-0.39, 0.29) is 17.1 Å². The Hall–Kier alpha value is -2.49. The molecule has 0 radical (unpaired) electrons. The largest absolute Gasteiger partial charge is 0.497 e. The average Bonchev–Trinajstić information content (AvgIpc) is 2.56. The molecule has 134 valence electrons. The minimum Gasteiger partial charge on any atom is -0.497 e. The zero-order valence-electron chi connectivity index (χ0n) is 13.0. The van der Waals surface area contributed by atoms with Gasteiger partial charge in [0.2, 0.25) is 0 Å². The summed E-state index contributed by atoms with van der Waals surface area (Å²) in [5, 5.41) is 11.7. The third kappa shape index (κ3) is 4.75. The number of benzene rings is 1. The van der Waals surface area contributed by atoms with Crippen molar-refractivity contribution >= 4 is 11.9 Å². The SMILES string of the molecule is COC(=O)[C@@H](NC(=O)C(F)(F)F)[C@@H](O)c1cc(OC)cc(OC)c1. The van der Waals surface area contributed by atoms with Gasteiger partial charge in [-0.25, -0.2) is 4.79 Å². The second kappa shape index (κ2) is 7.86. The predicted molar refractivity (Wildman–Crippen MR) is 74.5 cm³/mol. The summed E-state index contributed by atoms with van der Waals surface area (Å²) in [4.78, 5) is 22.7. The zero-order chi connectivity index (χ0) is 18.5. The molecule has 0 unspecified atom stereocenters. The Morgan fingerprint density at radius 1 is 1.08 bits per heavy atom. The lowest BCUT2D eigenvalue weighted by Gasteiger charge is -2.23. The van der Waals surface area contributed by atoms with Gasteiger partial charge in [0.15, 0.2) is 6.04 Å². The summed E-state index contributed by atoms with van der Waals surface area (Å²) in [6.07, 6.45) is -7.05. The van der Waals surface area contributed by atoms with E-state index in [4.69, 9.17) is 9.47 Å². The number of hydrogen-bond acceptors (Lipinski definition) is 6. The van der Waals surface area contributed by atoms with E-state index in [1.54, 1.807) is 0 Å². The summed E-state index contributed by atoms with van der Waals surface area (Å²) in [6, 6.07) is 2.05. The fraction of sp³-hybridized carbons (Fsp3) is 0.429. The minimum atomic E-state index is -5.22. The number of esters is 1. The van der Waals surface area contributed by atoms with Gasteiger partial charge < -0.3 is 24.6 Å². The van der Waals surface area contributed by atoms with Gasteiger partial charge in [-0.05, 0) is 17.7 Å². The Balaban J connectivity index is 3.19. The molecule has 0 aliphatic heterocycles. The molecule has 2 N–H and O–H groups in total. The van der Waals surface area contributed by atoms with E-state index >= 15 is 0 Å². The first-order valence-corrected chi connectivity index (χ1v) is 6.50. The smallest absolute Gasteiger partial charge is 0.471 e. The maximum atomic E-state index is 12.4. The number of hydrogen-bond donors (Lipinski definition) is 2.